The zero-order valence-corrected chi connectivity index (χ0v) is 13.8. The van der Waals surface area contributed by atoms with Crippen LogP contribution in [0.3, 0.4) is 0 Å². The number of halogens is 1. The highest BCUT2D eigenvalue weighted by Crippen LogP contribution is 2.24. The van der Waals surface area contributed by atoms with Crippen molar-refractivity contribution >= 4 is 5.91 Å². The summed E-state index contributed by atoms with van der Waals surface area (Å²) < 4.78 is 24.3. The van der Waals surface area contributed by atoms with Crippen LogP contribution in [-0.4, -0.2) is 56.4 Å². The molecule has 1 amide bonds. The first-order chi connectivity index (χ1) is 11.1. The first-order valence-electron chi connectivity index (χ1n) is 8.09. The van der Waals surface area contributed by atoms with E-state index in [4.69, 9.17) is 9.47 Å². The molecule has 0 spiro atoms. The Bertz CT molecular complexity index is 512. The fourth-order valence-corrected chi connectivity index (χ4v) is 2.71. The van der Waals surface area contributed by atoms with Crippen LogP contribution >= 0.6 is 0 Å². The molecule has 2 rings (SSSR count). The lowest BCUT2D eigenvalue weighted by Crippen LogP contribution is -2.51. The monoisotopic (exact) mass is 324 g/mol. The Balaban J connectivity index is 2.01. The van der Waals surface area contributed by atoms with Crippen molar-refractivity contribution in [2.45, 2.75) is 26.0 Å². The summed E-state index contributed by atoms with van der Waals surface area (Å²) in [4.78, 5) is 14.4. The highest BCUT2D eigenvalue weighted by atomic mass is 19.1. The molecule has 0 bridgehead atoms. The van der Waals surface area contributed by atoms with Gasteiger partial charge in [0.15, 0.2) is 0 Å². The predicted molar refractivity (Wildman–Crippen MR) is 85.6 cm³/mol. The third-order valence-electron chi connectivity index (χ3n) is 3.91. The van der Waals surface area contributed by atoms with Gasteiger partial charge in [-0.3, -0.25) is 4.79 Å². The quantitative estimate of drug-likeness (QED) is 0.776. The van der Waals surface area contributed by atoms with E-state index in [1.165, 1.54) is 12.1 Å². The number of hydrogen-bond acceptors (Lipinski definition) is 4. The molecule has 2 atom stereocenters. The second kappa shape index (κ2) is 8.96. The van der Waals surface area contributed by atoms with Crippen LogP contribution in [0, 0.1) is 5.82 Å². The molecule has 1 aromatic carbocycles. The molecule has 1 heterocycles. The summed E-state index contributed by atoms with van der Waals surface area (Å²) in [6, 6.07) is 6.24. The van der Waals surface area contributed by atoms with Crippen LogP contribution < -0.4 is 5.32 Å². The van der Waals surface area contributed by atoms with Gasteiger partial charge in [-0.15, -0.1) is 0 Å². The number of carbonyl (C=O) groups excluding carboxylic acids is 1. The predicted octanol–water partition coefficient (Wildman–Crippen LogP) is 1.74. The van der Waals surface area contributed by atoms with Gasteiger partial charge in [-0.1, -0.05) is 12.1 Å². The Morgan fingerprint density at radius 3 is 3.04 bits per heavy atom. The lowest BCUT2D eigenvalue weighted by atomic mass is 10.0. The Hall–Kier alpha value is -1.50. The molecule has 1 fully saturated rings. The normalized spacial score (nSPS) is 19.6. The molecule has 1 N–H and O–H groups in total. The van der Waals surface area contributed by atoms with Gasteiger partial charge in [0, 0.05) is 26.2 Å². The van der Waals surface area contributed by atoms with Crippen molar-refractivity contribution in [2.24, 2.45) is 0 Å². The number of piperazine rings is 1. The Labute approximate surface area is 136 Å². The molecule has 1 aliphatic heterocycles. The molecule has 0 saturated carbocycles. The van der Waals surface area contributed by atoms with Crippen molar-refractivity contribution < 1.29 is 18.7 Å². The van der Waals surface area contributed by atoms with E-state index in [9.17, 15) is 9.18 Å². The summed E-state index contributed by atoms with van der Waals surface area (Å²) in [7, 11) is 0. The van der Waals surface area contributed by atoms with Crippen molar-refractivity contribution in [3.8, 4) is 0 Å². The Morgan fingerprint density at radius 2 is 2.30 bits per heavy atom. The molecule has 6 heteroatoms. The van der Waals surface area contributed by atoms with Crippen molar-refractivity contribution in [2.75, 3.05) is 39.5 Å². The summed E-state index contributed by atoms with van der Waals surface area (Å²) in [6.45, 7) is 7.08. The molecule has 1 aliphatic rings. The largest absolute Gasteiger partial charge is 0.379 e. The smallest absolute Gasteiger partial charge is 0.252 e. The molecule has 1 saturated heterocycles. The van der Waals surface area contributed by atoms with Crippen molar-refractivity contribution in [3.05, 3.63) is 35.6 Å². The number of nitrogens with one attached hydrogen (secondary N) is 1. The standard InChI is InChI=1S/C17H25FN2O3/c1-3-22-9-10-23-13(2)17(21)20-8-7-19-12-16(20)14-5-4-6-15(18)11-14/h4-6,11,13,16,19H,3,7-10,12H2,1-2H3. The number of rotatable bonds is 7. The Morgan fingerprint density at radius 1 is 1.48 bits per heavy atom. The molecular formula is C17H25FN2O3. The van der Waals surface area contributed by atoms with Crippen molar-refractivity contribution in [1.82, 2.24) is 10.2 Å². The zero-order chi connectivity index (χ0) is 16.7. The van der Waals surface area contributed by atoms with Gasteiger partial charge in [0.1, 0.15) is 11.9 Å². The summed E-state index contributed by atoms with van der Waals surface area (Å²) >= 11 is 0. The number of amides is 1. The summed E-state index contributed by atoms with van der Waals surface area (Å²) in [5.41, 5.74) is 0.798. The molecule has 1 aromatic rings. The van der Waals surface area contributed by atoms with Gasteiger partial charge in [0.05, 0.1) is 19.3 Å². The lowest BCUT2D eigenvalue weighted by molar-refractivity contribution is -0.147. The van der Waals surface area contributed by atoms with E-state index in [0.717, 1.165) is 12.1 Å². The van der Waals surface area contributed by atoms with Gasteiger partial charge in [-0.25, -0.2) is 4.39 Å². The van der Waals surface area contributed by atoms with Crippen LogP contribution in [0.2, 0.25) is 0 Å². The summed E-state index contributed by atoms with van der Waals surface area (Å²) in [6.07, 6.45) is -0.537. The maximum atomic E-state index is 13.5. The van der Waals surface area contributed by atoms with E-state index in [0.29, 0.717) is 32.9 Å². The maximum absolute atomic E-state index is 13.5. The van der Waals surface area contributed by atoms with Crippen LogP contribution in [0.15, 0.2) is 24.3 Å². The molecular weight excluding hydrogens is 299 g/mol. The van der Waals surface area contributed by atoms with Crippen molar-refractivity contribution in [1.29, 1.82) is 0 Å². The molecule has 23 heavy (non-hydrogen) atoms. The van der Waals surface area contributed by atoms with E-state index >= 15 is 0 Å². The minimum Gasteiger partial charge on any atom is -0.379 e. The maximum Gasteiger partial charge on any atom is 0.252 e. The average molecular weight is 324 g/mol. The third kappa shape index (κ3) is 4.99. The molecule has 5 nitrogen and oxygen atoms in total. The topological polar surface area (TPSA) is 50.8 Å². The van der Waals surface area contributed by atoms with Crippen molar-refractivity contribution in [3.63, 3.8) is 0 Å². The minimum absolute atomic E-state index is 0.0720. The number of carbonyl (C=O) groups is 1. The summed E-state index contributed by atoms with van der Waals surface area (Å²) in [5, 5.41) is 3.26. The van der Waals surface area contributed by atoms with E-state index < -0.39 is 6.10 Å². The van der Waals surface area contributed by atoms with Crippen LogP contribution in [0.1, 0.15) is 25.5 Å². The lowest BCUT2D eigenvalue weighted by Gasteiger charge is -2.38. The third-order valence-corrected chi connectivity index (χ3v) is 3.91. The molecule has 128 valence electrons. The highest BCUT2D eigenvalue weighted by Gasteiger charge is 2.31. The van der Waals surface area contributed by atoms with Gasteiger partial charge >= 0.3 is 0 Å². The fourth-order valence-electron chi connectivity index (χ4n) is 2.71. The first-order valence-corrected chi connectivity index (χ1v) is 8.09. The second-order valence-corrected chi connectivity index (χ2v) is 5.52. The van der Waals surface area contributed by atoms with E-state index in [1.54, 1.807) is 17.9 Å². The minimum atomic E-state index is -0.537. The molecule has 0 aromatic heterocycles. The zero-order valence-electron chi connectivity index (χ0n) is 13.8. The van der Waals surface area contributed by atoms with Crippen LogP contribution in [0.4, 0.5) is 4.39 Å². The number of hydrogen-bond donors (Lipinski definition) is 1. The van der Waals surface area contributed by atoms with E-state index in [1.807, 2.05) is 13.0 Å². The average Bonchev–Trinajstić information content (AvgIpc) is 2.58. The number of ether oxygens (including phenoxy) is 2. The van der Waals surface area contributed by atoms with Crippen LogP contribution in [0.5, 0.6) is 0 Å². The highest BCUT2D eigenvalue weighted by molar-refractivity contribution is 5.81. The molecule has 2 unspecified atom stereocenters. The Kier molecular flexibility index (Phi) is 6.95. The number of nitrogens with zero attached hydrogens (tertiary/aromatic N) is 1. The molecule has 0 radical (unpaired) electrons. The van der Waals surface area contributed by atoms with Gasteiger partial charge < -0.3 is 19.7 Å². The van der Waals surface area contributed by atoms with E-state index in [2.05, 4.69) is 5.32 Å². The van der Waals surface area contributed by atoms with Gasteiger partial charge in [-0.05, 0) is 31.5 Å². The van der Waals surface area contributed by atoms with Crippen LogP contribution in [0.25, 0.3) is 0 Å². The van der Waals surface area contributed by atoms with E-state index in [-0.39, 0.29) is 17.8 Å². The van der Waals surface area contributed by atoms with Gasteiger partial charge in [0.2, 0.25) is 0 Å². The van der Waals surface area contributed by atoms with Crippen LogP contribution in [-0.2, 0) is 14.3 Å². The SMILES string of the molecule is CCOCCOC(C)C(=O)N1CCNCC1c1cccc(F)c1. The fraction of sp³-hybridized carbons (Fsp3) is 0.588. The van der Waals surface area contributed by atoms with Gasteiger partial charge in [-0.2, -0.15) is 0 Å². The van der Waals surface area contributed by atoms with Gasteiger partial charge in [0.25, 0.3) is 5.91 Å². The molecule has 0 aliphatic carbocycles. The number of benzene rings is 1. The first kappa shape index (κ1) is 17.8. The second-order valence-electron chi connectivity index (χ2n) is 5.52. The summed E-state index contributed by atoms with van der Waals surface area (Å²) in [5.74, 6) is -0.362.